The maximum atomic E-state index is 14.6. The maximum Gasteiger partial charge on any atom is 0.311 e. The molecule has 31 heavy (non-hydrogen) atoms. The Hall–Kier alpha value is -2.32. The zero-order chi connectivity index (χ0) is 22.0. The summed E-state index contributed by atoms with van der Waals surface area (Å²) in [6.45, 7) is 3.60. The number of ether oxygens (including phenoxy) is 4. The Morgan fingerprint density at radius 3 is 2.68 bits per heavy atom. The van der Waals surface area contributed by atoms with Crippen LogP contribution in [0.4, 0.5) is 4.39 Å². The highest BCUT2D eigenvalue weighted by molar-refractivity contribution is 9.09. The number of methoxy groups -OCH3 is 1. The predicted octanol–water partition coefficient (Wildman–Crippen LogP) is 4.28. The normalized spacial score (nSPS) is 22.5. The van der Waals surface area contributed by atoms with Crippen LogP contribution >= 0.6 is 15.9 Å². The first-order chi connectivity index (χ1) is 15.1. The van der Waals surface area contributed by atoms with E-state index in [0.29, 0.717) is 24.6 Å². The molecule has 0 saturated carbocycles. The molecule has 1 fully saturated rings. The topological polar surface area (TPSA) is 57.2 Å². The van der Waals surface area contributed by atoms with Crippen LogP contribution in [0.25, 0.3) is 0 Å². The third kappa shape index (κ3) is 4.23. The molecule has 2 aromatic rings. The number of rotatable bonds is 7. The number of likely N-dealkylation sites (tertiary alicyclic amines) is 1. The Kier molecular flexibility index (Phi) is 6.67. The second-order valence-corrected chi connectivity index (χ2v) is 8.31. The van der Waals surface area contributed by atoms with Crippen molar-refractivity contribution in [1.29, 1.82) is 0 Å². The number of alkyl halides is 1. The lowest BCUT2D eigenvalue weighted by Gasteiger charge is -2.28. The molecule has 0 aromatic heterocycles. The van der Waals surface area contributed by atoms with Crippen LogP contribution in [0.1, 0.15) is 30.0 Å². The molecule has 0 aliphatic carbocycles. The summed E-state index contributed by atoms with van der Waals surface area (Å²) in [6.07, 6.45) is 0. The van der Waals surface area contributed by atoms with Crippen molar-refractivity contribution in [1.82, 2.24) is 4.90 Å². The largest absolute Gasteiger partial charge is 0.494 e. The van der Waals surface area contributed by atoms with Crippen molar-refractivity contribution in [3.05, 3.63) is 53.3 Å². The van der Waals surface area contributed by atoms with Crippen molar-refractivity contribution < 1.29 is 28.1 Å². The third-order valence-corrected chi connectivity index (χ3v) is 6.23. The van der Waals surface area contributed by atoms with E-state index in [1.807, 2.05) is 24.3 Å². The van der Waals surface area contributed by atoms with Gasteiger partial charge in [0.05, 0.1) is 19.6 Å². The van der Waals surface area contributed by atoms with Gasteiger partial charge in [-0.15, -0.1) is 0 Å². The SMILES string of the molecule is CCOC(=O)C1C(c2ccc3c(c2)OCO3)CN(CCBr)C1c1ccc(OC)c(F)c1. The van der Waals surface area contributed by atoms with Crippen LogP contribution in [0.3, 0.4) is 0 Å². The van der Waals surface area contributed by atoms with Crippen molar-refractivity contribution in [2.75, 3.05) is 38.9 Å². The number of halogens is 2. The number of carbonyl (C=O) groups is 1. The number of fused-ring (bicyclic) bond motifs is 1. The van der Waals surface area contributed by atoms with Crippen molar-refractivity contribution in [3.63, 3.8) is 0 Å². The summed E-state index contributed by atoms with van der Waals surface area (Å²) in [5.74, 6) is 0.173. The van der Waals surface area contributed by atoms with Crippen LogP contribution in [-0.4, -0.2) is 49.8 Å². The zero-order valence-corrected chi connectivity index (χ0v) is 19.1. The van der Waals surface area contributed by atoms with Crippen LogP contribution < -0.4 is 14.2 Å². The van der Waals surface area contributed by atoms with Crippen LogP contribution in [0, 0.1) is 11.7 Å². The highest BCUT2D eigenvalue weighted by Gasteiger charge is 2.48. The van der Waals surface area contributed by atoms with E-state index in [0.717, 1.165) is 16.5 Å². The van der Waals surface area contributed by atoms with Crippen molar-refractivity contribution in [2.45, 2.75) is 18.9 Å². The van der Waals surface area contributed by atoms with Crippen LogP contribution in [0.5, 0.6) is 17.2 Å². The summed E-state index contributed by atoms with van der Waals surface area (Å²) >= 11 is 3.51. The molecular weight excluding hydrogens is 469 g/mol. The molecular formula is C23H25BrFNO5. The van der Waals surface area contributed by atoms with Crippen molar-refractivity contribution in [2.24, 2.45) is 5.92 Å². The van der Waals surface area contributed by atoms with Gasteiger partial charge in [0.15, 0.2) is 23.1 Å². The fraction of sp³-hybridized carbons (Fsp3) is 0.435. The molecule has 2 aliphatic rings. The van der Waals surface area contributed by atoms with E-state index < -0.39 is 11.7 Å². The minimum atomic E-state index is -0.493. The van der Waals surface area contributed by atoms with E-state index in [1.54, 1.807) is 13.0 Å². The molecule has 2 aromatic carbocycles. The Morgan fingerprint density at radius 1 is 1.19 bits per heavy atom. The summed E-state index contributed by atoms with van der Waals surface area (Å²) in [5, 5.41) is 0.728. The van der Waals surface area contributed by atoms with Gasteiger partial charge in [0.2, 0.25) is 6.79 Å². The lowest BCUT2D eigenvalue weighted by Crippen LogP contribution is -2.31. The summed E-state index contributed by atoms with van der Waals surface area (Å²) < 4.78 is 36.1. The molecule has 0 amide bonds. The number of esters is 1. The minimum Gasteiger partial charge on any atom is -0.494 e. The standard InChI is InChI=1S/C23H25BrFNO5/c1-3-29-23(27)21-16(14-4-7-19-20(11-14)31-13-30-19)12-26(9-8-24)22(21)15-5-6-18(28-2)17(25)10-15/h4-7,10-11,16,21-22H,3,8-9,12-13H2,1-2H3. The molecule has 3 atom stereocenters. The zero-order valence-electron chi connectivity index (χ0n) is 17.5. The van der Waals surface area contributed by atoms with Gasteiger partial charge in [0.1, 0.15) is 0 Å². The Morgan fingerprint density at radius 2 is 1.97 bits per heavy atom. The van der Waals surface area contributed by atoms with Gasteiger partial charge >= 0.3 is 5.97 Å². The summed E-state index contributed by atoms with van der Waals surface area (Å²) in [6, 6.07) is 10.3. The molecule has 6 nitrogen and oxygen atoms in total. The second-order valence-electron chi connectivity index (χ2n) is 7.52. The Bertz CT molecular complexity index is 956. The fourth-order valence-electron chi connectivity index (χ4n) is 4.54. The highest BCUT2D eigenvalue weighted by atomic mass is 79.9. The first kappa shape index (κ1) is 21.9. The van der Waals surface area contributed by atoms with Gasteiger partial charge in [-0.05, 0) is 42.3 Å². The number of nitrogens with zero attached hydrogens (tertiary/aromatic N) is 1. The average molecular weight is 494 g/mol. The van der Waals surface area contributed by atoms with Crippen LogP contribution in [-0.2, 0) is 9.53 Å². The summed E-state index contributed by atoms with van der Waals surface area (Å²) in [4.78, 5) is 15.4. The first-order valence-electron chi connectivity index (χ1n) is 10.3. The minimum absolute atomic E-state index is 0.136. The average Bonchev–Trinajstić information content (AvgIpc) is 3.38. The van der Waals surface area contributed by atoms with E-state index in [-0.39, 0.29) is 37.1 Å². The molecule has 166 valence electrons. The van der Waals surface area contributed by atoms with Crippen molar-refractivity contribution >= 4 is 21.9 Å². The molecule has 3 unspecified atom stereocenters. The third-order valence-electron chi connectivity index (χ3n) is 5.87. The van der Waals surface area contributed by atoms with Crippen molar-refractivity contribution in [3.8, 4) is 17.2 Å². The number of benzene rings is 2. The van der Waals surface area contributed by atoms with Gasteiger partial charge < -0.3 is 18.9 Å². The smallest absolute Gasteiger partial charge is 0.311 e. The van der Waals surface area contributed by atoms with E-state index in [9.17, 15) is 9.18 Å². The quantitative estimate of drug-likeness (QED) is 0.423. The molecule has 1 saturated heterocycles. The Labute approximate surface area is 189 Å². The van der Waals surface area contributed by atoms with Gasteiger partial charge in [-0.25, -0.2) is 4.39 Å². The van der Waals surface area contributed by atoms with Gasteiger partial charge in [-0.1, -0.05) is 28.1 Å². The van der Waals surface area contributed by atoms with E-state index in [1.165, 1.54) is 13.2 Å². The monoisotopic (exact) mass is 493 g/mol. The van der Waals surface area contributed by atoms with Gasteiger partial charge in [-0.3, -0.25) is 9.69 Å². The fourth-order valence-corrected chi connectivity index (χ4v) is 4.99. The van der Waals surface area contributed by atoms with Gasteiger partial charge in [0, 0.05) is 30.4 Å². The molecule has 2 heterocycles. The lowest BCUT2D eigenvalue weighted by atomic mass is 9.82. The molecule has 0 bridgehead atoms. The van der Waals surface area contributed by atoms with Gasteiger partial charge in [0.25, 0.3) is 0 Å². The number of hydrogen-bond donors (Lipinski definition) is 0. The van der Waals surface area contributed by atoms with Crippen LogP contribution in [0.2, 0.25) is 0 Å². The second kappa shape index (κ2) is 9.44. The molecule has 4 rings (SSSR count). The van der Waals surface area contributed by atoms with E-state index in [4.69, 9.17) is 18.9 Å². The molecule has 2 aliphatic heterocycles. The maximum absolute atomic E-state index is 14.6. The van der Waals surface area contributed by atoms with Crippen LogP contribution in [0.15, 0.2) is 36.4 Å². The summed E-state index contributed by atoms with van der Waals surface area (Å²) in [7, 11) is 1.43. The van der Waals surface area contributed by atoms with E-state index >= 15 is 0 Å². The summed E-state index contributed by atoms with van der Waals surface area (Å²) in [5.41, 5.74) is 1.69. The number of carbonyl (C=O) groups excluding carboxylic acids is 1. The first-order valence-corrected chi connectivity index (χ1v) is 11.4. The lowest BCUT2D eigenvalue weighted by molar-refractivity contribution is -0.149. The molecule has 8 heteroatoms. The highest BCUT2D eigenvalue weighted by Crippen LogP contribution is 2.48. The predicted molar refractivity (Wildman–Crippen MR) is 116 cm³/mol. The van der Waals surface area contributed by atoms with E-state index in [2.05, 4.69) is 20.8 Å². The molecule has 0 radical (unpaired) electrons. The molecule has 0 spiro atoms. The Balaban J connectivity index is 1.76. The number of hydrogen-bond acceptors (Lipinski definition) is 6. The molecule has 0 N–H and O–H groups in total. The van der Waals surface area contributed by atoms with Gasteiger partial charge in [-0.2, -0.15) is 0 Å².